The Kier molecular flexibility index (Phi) is 4.93. The van der Waals surface area contributed by atoms with Gasteiger partial charge in [-0.15, -0.1) is 0 Å². The summed E-state index contributed by atoms with van der Waals surface area (Å²) < 4.78 is 0. The Balaban J connectivity index is 2.26. The third kappa shape index (κ3) is 3.81. The molecular formula is C17H20N4. The van der Waals surface area contributed by atoms with Gasteiger partial charge in [0, 0.05) is 26.5 Å². The van der Waals surface area contributed by atoms with E-state index in [2.05, 4.69) is 32.1 Å². The summed E-state index contributed by atoms with van der Waals surface area (Å²) in [5, 5.41) is 0. The fraction of sp³-hybridized carbons (Fsp3) is 0.294. The molecule has 0 aliphatic heterocycles. The summed E-state index contributed by atoms with van der Waals surface area (Å²) >= 11 is 0. The summed E-state index contributed by atoms with van der Waals surface area (Å²) in [4.78, 5) is 17.1. The van der Waals surface area contributed by atoms with E-state index >= 15 is 0 Å². The molecule has 0 atom stereocenters. The van der Waals surface area contributed by atoms with Crippen LogP contribution in [0.5, 0.6) is 0 Å². The van der Waals surface area contributed by atoms with Gasteiger partial charge >= 0.3 is 0 Å². The standard InChI is InChI=1S/C17H20N4/c1-12(18-3)16-10-14(5-7-20-16)9-15-6-8-21-17(11-15)13(2)19-4/h5-8,10-11H,9H2,1-4H3. The number of hydrogen-bond acceptors (Lipinski definition) is 4. The van der Waals surface area contributed by atoms with Crippen LogP contribution in [0.1, 0.15) is 36.4 Å². The summed E-state index contributed by atoms with van der Waals surface area (Å²) in [5.74, 6) is 0. The van der Waals surface area contributed by atoms with Crippen molar-refractivity contribution in [3.63, 3.8) is 0 Å². The minimum Gasteiger partial charge on any atom is -0.291 e. The van der Waals surface area contributed by atoms with Crippen molar-refractivity contribution in [3.05, 3.63) is 59.2 Å². The fourth-order valence-corrected chi connectivity index (χ4v) is 2.03. The van der Waals surface area contributed by atoms with Gasteiger partial charge in [-0.1, -0.05) is 0 Å². The van der Waals surface area contributed by atoms with E-state index in [4.69, 9.17) is 0 Å². The van der Waals surface area contributed by atoms with Crippen molar-refractivity contribution in [1.82, 2.24) is 9.97 Å². The zero-order valence-electron chi connectivity index (χ0n) is 13.0. The molecule has 0 unspecified atom stereocenters. The maximum absolute atomic E-state index is 4.35. The maximum atomic E-state index is 4.35. The lowest BCUT2D eigenvalue weighted by molar-refractivity contribution is 1.12. The molecule has 4 heteroatoms. The molecule has 2 aromatic heterocycles. The lowest BCUT2D eigenvalue weighted by Crippen LogP contribution is -2.02. The monoisotopic (exact) mass is 280 g/mol. The molecule has 2 rings (SSSR count). The van der Waals surface area contributed by atoms with Crippen molar-refractivity contribution in [1.29, 1.82) is 0 Å². The molecule has 0 amide bonds. The van der Waals surface area contributed by atoms with Gasteiger partial charge < -0.3 is 0 Å². The molecular weight excluding hydrogens is 260 g/mol. The van der Waals surface area contributed by atoms with Crippen LogP contribution in [0.3, 0.4) is 0 Å². The average Bonchev–Trinajstić information content (AvgIpc) is 2.53. The quantitative estimate of drug-likeness (QED) is 0.808. The Morgan fingerprint density at radius 1 is 0.857 bits per heavy atom. The predicted molar refractivity (Wildman–Crippen MR) is 87.6 cm³/mol. The van der Waals surface area contributed by atoms with Gasteiger partial charge in [0.1, 0.15) is 0 Å². The van der Waals surface area contributed by atoms with Gasteiger partial charge in [-0.2, -0.15) is 0 Å². The molecule has 0 saturated carbocycles. The topological polar surface area (TPSA) is 50.5 Å². The van der Waals surface area contributed by atoms with Gasteiger partial charge in [-0.3, -0.25) is 20.0 Å². The molecule has 0 spiro atoms. The van der Waals surface area contributed by atoms with Gasteiger partial charge in [0.05, 0.1) is 22.8 Å². The van der Waals surface area contributed by atoms with E-state index in [-0.39, 0.29) is 0 Å². The Hall–Kier alpha value is -2.36. The van der Waals surface area contributed by atoms with E-state index in [9.17, 15) is 0 Å². The molecule has 0 aliphatic carbocycles. The van der Waals surface area contributed by atoms with Crippen LogP contribution < -0.4 is 0 Å². The van der Waals surface area contributed by atoms with Crippen LogP contribution in [0.4, 0.5) is 0 Å². The number of aliphatic imine (C=N–C) groups is 2. The second-order valence-corrected chi connectivity index (χ2v) is 4.89. The van der Waals surface area contributed by atoms with E-state index in [1.807, 2.05) is 38.4 Å². The van der Waals surface area contributed by atoms with Gasteiger partial charge in [0.25, 0.3) is 0 Å². The van der Waals surface area contributed by atoms with Crippen LogP contribution in [0, 0.1) is 0 Å². The third-order valence-corrected chi connectivity index (χ3v) is 3.47. The Morgan fingerprint density at radius 3 is 1.67 bits per heavy atom. The van der Waals surface area contributed by atoms with E-state index in [1.165, 1.54) is 11.1 Å². The molecule has 2 heterocycles. The summed E-state index contributed by atoms with van der Waals surface area (Å²) in [6.07, 6.45) is 4.51. The zero-order chi connectivity index (χ0) is 15.2. The minimum absolute atomic E-state index is 0.846. The molecule has 0 fully saturated rings. The summed E-state index contributed by atoms with van der Waals surface area (Å²) in [6, 6.07) is 8.24. The smallest absolute Gasteiger partial charge is 0.0839 e. The molecule has 0 radical (unpaired) electrons. The lowest BCUT2D eigenvalue weighted by Gasteiger charge is -2.06. The Bertz CT molecular complexity index is 627. The molecule has 0 bridgehead atoms. The molecule has 0 saturated heterocycles. The van der Waals surface area contributed by atoms with Gasteiger partial charge in [0.2, 0.25) is 0 Å². The first-order valence-electron chi connectivity index (χ1n) is 6.91. The molecule has 0 aliphatic rings. The van der Waals surface area contributed by atoms with Crippen LogP contribution in [0.15, 0.2) is 46.6 Å². The van der Waals surface area contributed by atoms with Crippen molar-refractivity contribution < 1.29 is 0 Å². The number of pyridine rings is 2. The van der Waals surface area contributed by atoms with E-state index < -0.39 is 0 Å². The van der Waals surface area contributed by atoms with E-state index in [0.717, 1.165) is 29.2 Å². The highest BCUT2D eigenvalue weighted by atomic mass is 14.8. The number of nitrogens with zero attached hydrogens (tertiary/aromatic N) is 4. The molecule has 21 heavy (non-hydrogen) atoms. The summed E-state index contributed by atoms with van der Waals surface area (Å²) in [7, 11) is 3.57. The minimum atomic E-state index is 0.846. The molecule has 0 N–H and O–H groups in total. The van der Waals surface area contributed by atoms with Crippen molar-refractivity contribution in [2.75, 3.05) is 14.1 Å². The molecule has 108 valence electrons. The van der Waals surface area contributed by atoms with Gasteiger partial charge in [-0.05, 0) is 55.7 Å². The van der Waals surface area contributed by atoms with Crippen LogP contribution >= 0.6 is 0 Å². The highest BCUT2D eigenvalue weighted by Crippen LogP contribution is 2.12. The second-order valence-electron chi connectivity index (χ2n) is 4.89. The third-order valence-electron chi connectivity index (χ3n) is 3.47. The van der Waals surface area contributed by atoms with Crippen molar-refractivity contribution in [2.45, 2.75) is 20.3 Å². The van der Waals surface area contributed by atoms with Crippen molar-refractivity contribution in [2.24, 2.45) is 9.98 Å². The van der Waals surface area contributed by atoms with Gasteiger partial charge in [-0.25, -0.2) is 0 Å². The first-order chi connectivity index (χ1) is 10.1. The lowest BCUT2D eigenvalue weighted by atomic mass is 10.0. The summed E-state index contributed by atoms with van der Waals surface area (Å²) in [6.45, 7) is 3.94. The first kappa shape index (κ1) is 15.0. The number of aromatic nitrogens is 2. The van der Waals surface area contributed by atoms with Crippen LogP contribution in [0.2, 0.25) is 0 Å². The fourth-order valence-electron chi connectivity index (χ4n) is 2.03. The number of hydrogen-bond donors (Lipinski definition) is 0. The van der Waals surface area contributed by atoms with Crippen molar-refractivity contribution in [3.8, 4) is 0 Å². The maximum Gasteiger partial charge on any atom is 0.0839 e. The molecule has 0 aromatic carbocycles. The molecule has 4 nitrogen and oxygen atoms in total. The largest absolute Gasteiger partial charge is 0.291 e. The van der Waals surface area contributed by atoms with Crippen LogP contribution in [-0.2, 0) is 6.42 Å². The molecule has 2 aromatic rings. The van der Waals surface area contributed by atoms with Crippen LogP contribution in [-0.4, -0.2) is 35.5 Å². The summed E-state index contributed by atoms with van der Waals surface area (Å²) in [5.41, 5.74) is 6.17. The predicted octanol–water partition coefficient (Wildman–Crippen LogP) is 2.95. The zero-order valence-corrected chi connectivity index (χ0v) is 13.0. The Labute approximate surface area is 125 Å². The van der Waals surface area contributed by atoms with Crippen LogP contribution in [0.25, 0.3) is 0 Å². The number of rotatable bonds is 4. The second kappa shape index (κ2) is 6.88. The average molecular weight is 280 g/mol. The Morgan fingerprint density at radius 2 is 1.29 bits per heavy atom. The van der Waals surface area contributed by atoms with Crippen molar-refractivity contribution >= 4 is 11.4 Å². The van der Waals surface area contributed by atoms with E-state index in [0.29, 0.717) is 0 Å². The van der Waals surface area contributed by atoms with Gasteiger partial charge in [0.15, 0.2) is 0 Å². The highest BCUT2D eigenvalue weighted by molar-refractivity contribution is 5.97. The van der Waals surface area contributed by atoms with E-state index in [1.54, 1.807) is 14.1 Å². The SMILES string of the molecule is CN=C(C)c1cc(Cc2ccnc(C(C)=NC)c2)ccn1. The first-order valence-corrected chi connectivity index (χ1v) is 6.91. The highest BCUT2D eigenvalue weighted by Gasteiger charge is 2.04. The normalized spacial score (nSPS) is 12.6.